The number of benzene rings is 3. The Balaban J connectivity index is 1.66. The molecule has 1 N–H and O–H groups in total. The van der Waals surface area contributed by atoms with Gasteiger partial charge >= 0.3 is 0 Å². The summed E-state index contributed by atoms with van der Waals surface area (Å²) in [4.78, 5) is 12.5. The van der Waals surface area contributed by atoms with Crippen molar-refractivity contribution in [2.75, 3.05) is 6.61 Å². The quantitative estimate of drug-likeness (QED) is 0.644. The number of amides is 1. The SMILES string of the molecule is CC(C)CC(NC(=O)COc1cccc2ccccc12)c1ccccc1. The van der Waals surface area contributed by atoms with Gasteiger partial charge in [0, 0.05) is 5.39 Å². The van der Waals surface area contributed by atoms with Crippen LogP contribution < -0.4 is 10.1 Å². The lowest BCUT2D eigenvalue weighted by Crippen LogP contribution is -2.33. The Bertz CT molecular complexity index is 853. The lowest BCUT2D eigenvalue weighted by Gasteiger charge is -2.21. The van der Waals surface area contributed by atoms with E-state index in [-0.39, 0.29) is 18.6 Å². The molecule has 1 amide bonds. The predicted molar refractivity (Wildman–Crippen MR) is 106 cm³/mol. The third-order valence-electron chi connectivity index (χ3n) is 4.35. The zero-order valence-corrected chi connectivity index (χ0v) is 15.3. The van der Waals surface area contributed by atoms with Gasteiger partial charge in [0.05, 0.1) is 6.04 Å². The molecular formula is C23H25NO2. The first-order valence-electron chi connectivity index (χ1n) is 9.08. The van der Waals surface area contributed by atoms with Gasteiger partial charge in [-0.25, -0.2) is 0 Å². The van der Waals surface area contributed by atoms with Crippen molar-refractivity contribution >= 4 is 16.7 Å². The Morgan fingerprint density at radius 3 is 2.38 bits per heavy atom. The average molecular weight is 347 g/mol. The van der Waals surface area contributed by atoms with E-state index in [1.807, 2.05) is 60.7 Å². The summed E-state index contributed by atoms with van der Waals surface area (Å²) in [6.07, 6.45) is 0.893. The molecule has 0 aromatic heterocycles. The third kappa shape index (κ3) is 4.63. The Morgan fingerprint density at radius 1 is 0.923 bits per heavy atom. The minimum atomic E-state index is -0.104. The highest BCUT2D eigenvalue weighted by molar-refractivity contribution is 5.88. The van der Waals surface area contributed by atoms with Gasteiger partial charge in [-0.3, -0.25) is 4.79 Å². The summed E-state index contributed by atoms with van der Waals surface area (Å²) in [6, 6.07) is 24.0. The zero-order chi connectivity index (χ0) is 18.4. The molecule has 0 saturated heterocycles. The Labute approximate surface area is 155 Å². The van der Waals surface area contributed by atoms with Gasteiger partial charge in [0.25, 0.3) is 5.91 Å². The van der Waals surface area contributed by atoms with Crippen molar-refractivity contribution < 1.29 is 9.53 Å². The van der Waals surface area contributed by atoms with Crippen LogP contribution in [0, 0.1) is 5.92 Å². The summed E-state index contributed by atoms with van der Waals surface area (Å²) in [5, 5.41) is 5.24. The molecule has 0 bridgehead atoms. The number of nitrogens with one attached hydrogen (secondary N) is 1. The third-order valence-corrected chi connectivity index (χ3v) is 4.35. The monoisotopic (exact) mass is 347 g/mol. The van der Waals surface area contributed by atoms with E-state index in [4.69, 9.17) is 4.74 Å². The fourth-order valence-corrected chi connectivity index (χ4v) is 3.14. The van der Waals surface area contributed by atoms with Crippen LogP contribution in [0.5, 0.6) is 5.75 Å². The number of rotatable bonds is 7. The molecule has 0 radical (unpaired) electrons. The predicted octanol–water partition coefficient (Wildman–Crippen LogP) is 5.12. The van der Waals surface area contributed by atoms with Gasteiger partial charge in [-0.15, -0.1) is 0 Å². The van der Waals surface area contributed by atoms with Crippen LogP contribution in [0.1, 0.15) is 31.9 Å². The molecule has 0 saturated carbocycles. The first-order valence-corrected chi connectivity index (χ1v) is 9.08. The number of ether oxygens (including phenoxy) is 1. The molecule has 0 aliphatic carbocycles. The fourth-order valence-electron chi connectivity index (χ4n) is 3.14. The highest BCUT2D eigenvalue weighted by Gasteiger charge is 2.16. The number of fused-ring (bicyclic) bond motifs is 1. The molecule has 3 aromatic carbocycles. The largest absolute Gasteiger partial charge is 0.483 e. The number of hydrogen-bond donors (Lipinski definition) is 1. The second-order valence-electron chi connectivity index (χ2n) is 6.93. The van der Waals surface area contributed by atoms with Crippen molar-refractivity contribution in [2.24, 2.45) is 5.92 Å². The van der Waals surface area contributed by atoms with Crippen molar-refractivity contribution in [1.29, 1.82) is 0 Å². The molecule has 0 aliphatic rings. The zero-order valence-electron chi connectivity index (χ0n) is 15.3. The van der Waals surface area contributed by atoms with E-state index < -0.39 is 0 Å². The van der Waals surface area contributed by atoms with E-state index in [0.29, 0.717) is 5.92 Å². The summed E-state index contributed by atoms with van der Waals surface area (Å²) >= 11 is 0. The summed E-state index contributed by atoms with van der Waals surface area (Å²) in [7, 11) is 0. The van der Waals surface area contributed by atoms with E-state index >= 15 is 0 Å². The standard InChI is InChI=1S/C23H25NO2/c1-17(2)15-21(19-10-4-3-5-11-19)24-23(25)16-26-22-14-8-12-18-9-6-7-13-20(18)22/h3-14,17,21H,15-16H2,1-2H3,(H,24,25). The maximum absolute atomic E-state index is 12.5. The molecule has 3 aromatic rings. The van der Waals surface area contributed by atoms with Gasteiger partial charge in [0.15, 0.2) is 6.61 Å². The second-order valence-corrected chi connectivity index (χ2v) is 6.93. The van der Waals surface area contributed by atoms with Crippen molar-refractivity contribution in [2.45, 2.75) is 26.3 Å². The van der Waals surface area contributed by atoms with Crippen LogP contribution in [0.4, 0.5) is 0 Å². The van der Waals surface area contributed by atoms with Crippen LogP contribution in [0.3, 0.4) is 0 Å². The smallest absolute Gasteiger partial charge is 0.258 e. The summed E-state index contributed by atoms with van der Waals surface area (Å²) < 4.78 is 5.81. The number of hydrogen-bond acceptors (Lipinski definition) is 2. The van der Waals surface area contributed by atoms with Gasteiger partial charge in [0.1, 0.15) is 5.75 Å². The van der Waals surface area contributed by atoms with Gasteiger partial charge in [0.2, 0.25) is 0 Å². The van der Waals surface area contributed by atoms with E-state index in [9.17, 15) is 4.79 Å². The first-order chi connectivity index (χ1) is 12.6. The molecule has 3 heteroatoms. The molecule has 0 spiro atoms. The van der Waals surface area contributed by atoms with Gasteiger partial charge in [-0.1, -0.05) is 80.6 Å². The van der Waals surface area contributed by atoms with Crippen LogP contribution in [-0.2, 0) is 4.79 Å². The van der Waals surface area contributed by atoms with Gasteiger partial charge in [-0.2, -0.15) is 0 Å². The van der Waals surface area contributed by atoms with Gasteiger partial charge < -0.3 is 10.1 Å². The van der Waals surface area contributed by atoms with Crippen molar-refractivity contribution in [3.63, 3.8) is 0 Å². The second kappa shape index (κ2) is 8.52. The van der Waals surface area contributed by atoms with Crippen molar-refractivity contribution in [3.05, 3.63) is 78.4 Å². The van der Waals surface area contributed by atoms with Crippen LogP contribution in [0.25, 0.3) is 10.8 Å². The summed E-state index contributed by atoms with van der Waals surface area (Å²) in [5.74, 6) is 1.12. The minimum absolute atomic E-state index is 0.000169. The Kier molecular flexibility index (Phi) is 5.90. The molecule has 26 heavy (non-hydrogen) atoms. The number of carbonyl (C=O) groups excluding carboxylic acids is 1. The van der Waals surface area contributed by atoms with Crippen LogP contribution >= 0.6 is 0 Å². The van der Waals surface area contributed by atoms with Crippen molar-refractivity contribution in [1.82, 2.24) is 5.32 Å². The molecule has 0 heterocycles. The highest BCUT2D eigenvalue weighted by Crippen LogP contribution is 2.25. The summed E-state index contributed by atoms with van der Waals surface area (Å²) in [5.41, 5.74) is 1.12. The lowest BCUT2D eigenvalue weighted by molar-refractivity contribution is -0.123. The molecule has 3 nitrogen and oxygen atoms in total. The van der Waals surface area contributed by atoms with Crippen LogP contribution in [0.15, 0.2) is 72.8 Å². The van der Waals surface area contributed by atoms with Crippen molar-refractivity contribution in [3.8, 4) is 5.75 Å². The number of carbonyl (C=O) groups is 1. The van der Waals surface area contributed by atoms with Crippen LogP contribution in [0.2, 0.25) is 0 Å². The lowest BCUT2D eigenvalue weighted by atomic mass is 9.97. The van der Waals surface area contributed by atoms with E-state index in [2.05, 4.69) is 31.3 Å². The van der Waals surface area contributed by atoms with E-state index in [1.165, 1.54) is 0 Å². The first kappa shape index (κ1) is 18.0. The minimum Gasteiger partial charge on any atom is -0.483 e. The molecular weight excluding hydrogens is 322 g/mol. The Hall–Kier alpha value is -2.81. The molecule has 3 rings (SSSR count). The molecule has 1 atom stereocenters. The normalized spacial score (nSPS) is 12.1. The maximum Gasteiger partial charge on any atom is 0.258 e. The fraction of sp³-hybridized carbons (Fsp3) is 0.261. The van der Waals surface area contributed by atoms with E-state index in [0.717, 1.165) is 28.5 Å². The average Bonchev–Trinajstić information content (AvgIpc) is 2.66. The molecule has 0 aliphatic heterocycles. The molecule has 0 fully saturated rings. The molecule has 134 valence electrons. The topological polar surface area (TPSA) is 38.3 Å². The summed E-state index contributed by atoms with van der Waals surface area (Å²) in [6.45, 7) is 4.33. The highest BCUT2D eigenvalue weighted by atomic mass is 16.5. The van der Waals surface area contributed by atoms with Crippen LogP contribution in [-0.4, -0.2) is 12.5 Å². The maximum atomic E-state index is 12.5. The Morgan fingerprint density at radius 2 is 1.62 bits per heavy atom. The van der Waals surface area contributed by atoms with Gasteiger partial charge in [-0.05, 0) is 29.4 Å². The molecule has 1 unspecified atom stereocenters. The van der Waals surface area contributed by atoms with E-state index in [1.54, 1.807) is 0 Å².